The van der Waals surface area contributed by atoms with Gasteiger partial charge in [0.05, 0.1) is 6.26 Å². The molecule has 5 nitrogen and oxygen atoms in total. The number of carbonyl (C=O) groups is 1. The molecule has 0 aliphatic carbocycles. The van der Waals surface area contributed by atoms with Gasteiger partial charge in [-0.3, -0.25) is 4.79 Å². The van der Waals surface area contributed by atoms with Crippen LogP contribution in [0.4, 0.5) is 0 Å². The first-order valence-corrected chi connectivity index (χ1v) is 9.49. The molecule has 122 valence electrons. The van der Waals surface area contributed by atoms with Crippen LogP contribution >= 0.6 is 0 Å². The number of likely N-dealkylation sites (tertiary alicyclic amines) is 1. The van der Waals surface area contributed by atoms with Crippen molar-refractivity contribution in [3.8, 4) is 0 Å². The minimum atomic E-state index is -3.24. The Bertz CT molecular complexity index is 635. The highest BCUT2D eigenvalue weighted by molar-refractivity contribution is 7.88. The summed E-state index contributed by atoms with van der Waals surface area (Å²) in [6.45, 7) is 4.92. The molecule has 0 radical (unpaired) electrons. The maximum Gasteiger partial charge on any atom is 0.254 e. The molecule has 1 N–H and O–H groups in total. The third-order valence-corrected chi connectivity index (χ3v) is 4.63. The molecular formula is C16H24N2O3S. The van der Waals surface area contributed by atoms with Gasteiger partial charge >= 0.3 is 0 Å². The van der Waals surface area contributed by atoms with Crippen LogP contribution < -0.4 is 4.72 Å². The first kappa shape index (κ1) is 17.0. The number of sulfonamides is 1. The smallest absolute Gasteiger partial charge is 0.254 e. The van der Waals surface area contributed by atoms with E-state index in [-0.39, 0.29) is 18.5 Å². The number of benzene rings is 1. The minimum Gasteiger partial charge on any atom is -0.334 e. The monoisotopic (exact) mass is 324 g/mol. The SMILES string of the molecule is Cc1cc(C)cc(C(=O)N2CCCCC2CNS(C)(=O)=O)c1. The third kappa shape index (κ3) is 4.55. The number of carbonyl (C=O) groups excluding carboxylic acids is 1. The Balaban J connectivity index is 2.17. The zero-order valence-electron chi connectivity index (χ0n) is 13.4. The zero-order chi connectivity index (χ0) is 16.3. The van der Waals surface area contributed by atoms with Crippen molar-refractivity contribution in [1.29, 1.82) is 0 Å². The van der Waals surface area contributed by atoms with Gasteiger partial charge in [-0.2, -0.15) is 0 Å². The average molecular weight is 324 g/mol. The van der Waals surface area contributed by atoms with Crippen LogP contribution in [0.1, 0.15) is 40.7 Å². The lowest BCUT2D eigenvalue weighted by atomic mass is 9.99. The predicted molar refractivity (Wildman–Crippen MR) is 87.4 cm³/mol. The predicted octanol–water partition coefficient (Wildman–Crippen LogP) is 1.85. The van der Waals surface area contributed by atoms with Gasteiger partial charge in [-0.25, -0.2) is 13.1 Å². The Labute approximate surface area is 132 Å². The maximum absolute atomic E-state index is 12.8. The van der Waals surface area contributed by atoms with E-state index >= 15 is 0 Å². The van der Waals surface area contributed by atoms with Gasteiger partial charge in [0, 0.05) is 24.7 Å². The molecular weight excluding hydrogens is 300 g/mol. The second-order valence-electron chi connectivity index (χ2n) is 6.15. The molecule has 0 spiro atoms. The fraction of sp³-hybridized carbons (Fsp3) is 0.562. The van der Waals surface area contributed by atoms with E-state index in [9.17, 15) is 13.2 Å². The van der Waals surface area contributed by atoms with Crippen molar-refractivity contribution in [3.63, 3.8) is 0 Å². The normalized spacial score (nSPS) is 19.2. The summed E-state index contributed by atoms with van der Waals surface area (Å²) in [5, 5.41) is 0. The molecule has 1 unspecified atom stereocenters. The summed E-state index contributed by atoms with van der Waals surface area (Å²) in [5.41, 5.74) is 2.81. The lowest BCUT2D eigenvalue weighted by Gasteiger charge is -2.36. The van der Waals surface area contributed by atoms with Crippen LogP contribution in [0.3, 0.4) is 0 Å². The quantitative estimate of drug-likeness (QED) is 0.919. The van der Waals surface area contributed by atoms with E-state index in [1.165, 1.54) is 0 Å². The van der Waals surface area contributed by atoms with Gasteiger partial charge in [0.2, 0.25) is 10.0 Å². The molecule has 1 aromatic rings. The van der Waals surface area contributed by atoms with E-state index in [2.05, 4.69) is 4.72 Å². The van der Waals surface area contributed by atoms with E-state index < -0.39 is 10.0 Å². The zero-order valence-corrected chi connectivity index (χ0v) is 14.2. The molecule has 2 rings (SSSR count). The molecule has 0 saturated carbocycles. The lowest BCUT2D eigenvalue weighted by molar-refractivity contribution is 0.0618. The Morgan fingerprint density at radius 1 is 1.23 bits per heavy atom. The van der Waals surface area contributed by atoms with Crippen LogP contribution in [-0.4, -0.2) is 44.6 Å². The number of piperidine rings is 1. The molecule has 1 heterocycles. The summed E-state index contributed by atoms with van der Waals surface area (Å²) in [4.78, 5) is 14.6. The van der Waals surface area contributed by atoms with Crippen LogP contribution in [0.5, 0.6) is 0 Å². The molecule has 1 aromatic carbocycles. The number of amides is 1. The van der Waals surface area contributed by atoms with Crippen molar-refractivity contribution in [2.24, 2.45) is 0 Å². The summed E-state index contributed by atoms with van der Waals surface area (Å²) in [7, 11) is -3.24. The van der Waals surface area contributed by atoms with Crippen LogP contribution in [0, 0.1) is 13.8 Å². The molecule has 0 bridgehead atoms. The fourth-order valence-corrected chi connectivity index (χ4v) is 3.49. The van der Waals surface area contributed by atoms with Crippen molar-refractivity contribution in [2.75, 3.05) is 19.3 Å². The van der Waals surface area contributed by atoms with Crippen molar-refractivity contribution in [2.45, 2.75) is 39.2 Å². The van der Waals surface area contributed by atoms with E-state index in [1.54, 1.807) is 0 Å². The first-order chi connectivity index (χ1) is 10.3. The van der Waals surface area contributed by atoms with Crippen LogP contribution in [-0.2, 0) is 10.0 Å². The average Bonchev–Trinajstić information content (AvgIpc) is 2.43. The van der Waals surface area contributed by atoms with E-state index in [0.29, 0.717) is 12.1 Å². The van der Waals surface area contributed by atoms with Gasteiger partial charge in [0.15, 0.2) is 0 Å². The first-order valence-electron chi connectivity index (χ1n) is 7.60. The number of hydrogen-bond acceptors (Lipinski definition) is 3. The van der Waals surface area contributed by atoms with Crippen LogP contribution in [0.15, 0.2) is 18.2 Å². The van der Waals surface area contributed by atoms with E-state index in [4.69, 9.17) is 0 Å². The standard InChI is InChI=1S/C16H24N2O3S/c1-12-8-13(2)10-14(9-12)16(19)18-7-5-4-6-15(18)11-17-22(3,20)21/h8-10,15,17H,4-7,11H2,1-3H3. The Hall–Kier alpha value is -1.40. The van der Waals surface area contributed by atoms with Crippen molar-refractivity contribution in [3.05, 3.63) is 34.9 Å². The number of rotatable bonds is 4. The number of aryl methyl sites for hydroxylation is 2. The molecule has 1 saturated heterocycles. The summed E-state index contributed by atoms with van der Waals surface area (Å²) in [6.07, 6.45) is 3.96. The van der Waals surface area contributed by atoms with Gasteiger partial charge < -0.3 is 4.90 Å². The van der Waals surface area contributed by atoms with Gasteiger partial charge in [-0.15, -0.1) is 0 Å². The molecule has 1 amide bonds. The second kappa shape index (κ2) is 6.79. The summed E-state index contributed by atoms with van der Waals surface area (Å²) >= 11 is 0. The largest absolute Gasteiger partial charge is 0.334 e. The Morgan fingerprint density at radius 2 is 1.86 bits per heavy atom. The lowest BCUT2D eigenvalue weighted by Crippen LogP contribution is -2.49. The second-order valence-corrected chi connectivity index (χ2v) is 7.98. The summed E-state index contributed by atoms with van der Waals surface area (Å²) in [5.74, 6) is -0.00759. The van der Waals surface area contributed by atoms with Crippen molar-refractivity contribution >= 4 is 15.9 Å². The van der Waals surface area contributed by atoms with Gasteiger partial charge in [0.1, 0.15) is 0 Å². The molecule has 1 fully saturated rings. The Kier molecular flexibility index (Phi) is 5.24. The number of hydrogen-bond donors (Lipinski definition) is 1. The highest BCUT2D eigenvalue weighted by atomic mass is 32.2. The van der Waals surface area contributed by atoms with Gasteiger partial charge in [-0.1, -0.05) is 17.2 Å². The third-order valence-electron chi connectivity index (χ3n) is 3.94. The van der Waals surface area contributed by atoms with Crippen molar-refractivity contribution in [1.82, 2.24) is 9.62 Å². The fourth-order valence-electron chi connectivity index (χ4n) is 2.99. The molecule has 1 atom stereocenters. The van der Waals surface area contributed by atoms with E-state index in [0.717, 1.165) is 36.6 Å². The van der Waals surface area contributed by atoms with E-state index in [1.807, 2.05) is 36.9 Å². The summed E-state index contributed by atoms with van der Waals surface area (Å²) in [6, 6.07) is 5.75. The highest BCUT2D eigenvalue weighted by Gasteiger charge is 2.28. The highest BCUT2D eigenvalue weighted by Crippen LogP contribution is 2.20. The number of nitrogens with zero attached hydrogens (tertiary/aromatic N) is 1. The number of nitrogens with one attached hydrogen (secondary N) is 1. The van der Waals surface area contributed by atoms with Crippen molar-refractivity contribution < 1.29 is 13.2 Å². The van der Waals surface area contributed by atoms with Gasteiger partial charge in [-0.05, 0) is 45.2 Å². The molecule has 6 heteroatoms. The molecule has 1 aliphatic rings. The maximum atomic E-state index is 12.8. The Morgan fingerprint density at radius 3 is 2.45 bits per heavy atom. The van der Waals surface area contributed by atoms with Gasteiger partial charge in [0.25, 0.3) is 5.91 Å². The van der Waals surface area contributed by atoms with Crippen LogP contribution in [0.25, 0.3) is 0 Å². The topological polar surface area (TPSA) is 66.5 Å². The molecule has 1 aliphatic heterocycles. The molecule has 0 aromatic heterocycles. The van der Waals surface area contributed by atoms with Crippen LogP contribution in [0.2, 0.25) is 0 Å². The summed E-state index contributed by atoms with van der Waals surface area (Å²) < 4.78 is 25.1. The molecule has 22 heavy (non-hydrogen) atoms. The minimum absolute atomic E-state index is 0.00759.